The Labute approximate surface area is 145 Å². The molecule has 1 aromatic carbocycles. The molecule has 1 unspecified atom stereocenters. The first-order valence-electron chi connectivity index (χ1n) is 7.29. The molecule has 22 heavy (non-hydrogen) atoms. The summed E-state index contributed by atoms with van der Waals surface area (Å²) in [7, 11) is 0. The minimum Gasteiger partial charge on any atom is -0.482 e. The number of likely N-dealkylation sites (N-methyl/N-ethyl adjacent to an activating group) is 1. The lowest BCUT2D eigenvalue weighted by Crippen LogP contribution is -2.41. The quantitative estimate of drug-likeness (QED) is 0.783. The van der Waals surface area contributed by atoms with Gasteiger partial charge in [0.25, 0.3) is 5.91 Å². The van der Waals surface area contributed by atoms with Gasteiger partial charge in [0.05, 0.1) is 15.1 Å². The number of benzene rings is 1. The number of likely N-dealkylation sites (tertiary alicyclic amines) is 1. The van der Waals surface area contributed by atoms with E-state index in [1.54, 1.807) is 0 Å². The van der Waals surface area contributed by atoms with Crippen LogP contribution < -0.4 is 10.1 Å². The van der Waals surface area contributed by atoms with Crippen molar-refractivity contribution < 1.29 is 9.53 Å². The number of hydrogen-bond donors (Lipinski definition) is 1. The van der Waals surface area contributed by atoms with E-state index in [9.17, 15) is 4.79 Å². The molecule has 0 saturated carbocycles. The van der Waals surface area contributed by atoms with Gasteiger partial charge in [-0.1, -0.05) is 41.7 Å². The number of ether oxygens (including phenoxy) is 1. The normalized spacial score (nSPS) is 18.5. The molecule has 1 N–H and O–H groups in total. The second-order valence-corrected chi connectivity index (χ2v) is 6.44. The zero-order valence-electron chi connectivity index (χ0n) is 12.4. The summed E-state index contributed by atoms with van der Waals surface area (Å²) >= 11 is 17.7. The van der Waals surface area contributed by atoms with Crippen LogP contribution in [0.5, 0.6) is 5.75 Å². The van der Waals surface area contributed by atoms with Crippen LogP contribution in [0.3, 0.4) is 0 Å². The van der Waals surface area contributed by atoms with Gasteiger partial charge in [-0.05, 0) is 32.0 Å². The molecule has 0 bridgehead atoms. The van der Waals surface area contributed by atoms with Crippen LogP contribution in [0.1, 0.15) is 19.8 Å². The van der Waals surface area contributed by atoms with Crippen molar-refractivity contribution >= 4 is 40.7 Å². The van der Waals surface area contributed by atoms with Gasteiger partial charge in [-0.15, -0.1) is 0 Å². The average Bonchev–Trinajstić information content (AvgIpc) is 2.95. The van der Waals surface area contributed by atoms with Crippen LogP contribution >= 0.6 is 34.8 Å². The monoisotopic (exact) mass is 364 g/mol. The summed E-state index contributed by atoms with van der Waals surface area (Å²) in [4.78, 5) is 14.2. The van der Waals surface area contributed by atoms with Gasteiger partial charge in [0.15, 0.2) is 6.61 Å². The van der Waals surface area contributed by atoms with E-state index >= 15 is 0 Å². The molecule has 1 amide bonds. The summed E-state index contributed by atoms with van der Waals surface area (Å²) in [5, 5.41) is 3.92. The zero-order chi connectivity index (χ0) is 16.1. The summed E-state index contributed by atoms with van der Waals surface area (Å²) in [5.41, 5.74) is 0. The van der Waals surface area contributed by atoms with Crippen molar-refractivity contribution in [2.45, 2.75) is 25.8 Å². The minimum atomic E-state index is -0.176. The van der Waals surface area contributed by atoms with Crippen molar-refractivity contribution in [3.8, 4) is 5.75 Å². The SMILES string of the molecule is CCN1CCCC1CNC(=O)COc1cc(Cl)c(Cl)cc1Cl. The molecular formula is C15H19Cl3N2O2. The fourth-order valence-electron chi connectivity index (χ4n) is 2.58. The highest BCUT2D eigenvalue weighted by molar-refractivity contribution is 6.43. The number of nitrogens with zero attached hydrogens (tertiary/aromatic N) is 1. The number of rotatable bonds is 6. The Balaban J connectivity index is 1.79. The number of hydrogen-bond acceptors (Lipinski definition) is 3. The predicted molar refractivity (Wildman–Crippen MR) is 90.2 cm³/mol. The summed E-state index contributed by atoms with van der Waals surface area (Å²) in [5.74, 6) is 0.173. The van der Waals surface area contributed by atoms with Crippen LogP contribution in [-0.4, -0.2) is 43.1 Å². The lowest BCUT2D eigenvalue weighted by atomic mass is 10.2. The third kappa shape index (κ3) is 4.66. The van der Waals surface area contributed by atoms with Crippen molar-refractivity contribution in [1.82, 2.24) is 10.2 Å². The van der Waals surface area contributed by atoms with Gasteiger partial charge in [-0.2, -0.15) is 0 Å². The van der Waals surface area contributed by atoms with Gasteiger partial charge in [0, 0.05) is 18.7 Å². The number of nitrogens with one attached hydrogen (secondary N) is 1. The summed E-state index contributed by atoms with van der Waals surface area (Å²) < 4.78 is 5.40. The maximum absolute atomic E-state index is 11.9. The molecule has 2 rings (SSSR count). The Morgan fingerprint density at radius 1 is 1.32 bits per heavy atom. The van der Waals surface area contributed by atoms with E-state index in [0.717, 1.165) is 19.5 Å². The molecule has 0 spiro atoms. The molecule has 1 atom stereocenters. The maximum Gasteiger partial charge on any atom is 0.257 e. The first-order chi connectivity index (χ1) is 10.5. The van der Waals surface area contributed by atoms with Crippen molar-refractivity contribution in [3.63, 3.8) is 0 Å². The number of halogens is 3. The second kappa shape index (κ2) is 8.25. The second-order valence-electron chi connectivity index (χ2n) is 5.21. The molecule has 1 aliphatic heterocycles. The van der Waals surface area contributed by atoms with E-state index in [4.69, 9.17) is 39.5 Å². The molecule has 1 aromatic rings. The third-order valence-corrected chi connectivity index (χ3v) is 4.79. The fourth-order valence-corrected chi connectivity index (χ4v) is 3.17. The van der Waals surface area contributed by atoms with E-state index < -0.39 is 0 Å². The fraction of sp³-hybridized carbons (Fsp3) is 0.533. The molecule has 122 valence electrons. The van der Waals surface area contributed by atoms with Gasteiger partial charge < -0.3 is 10.1 Å². The maximum atomic E-state index is 11.9. The summed E-state index contributed by atoms with van der Waals surface area (Å²) in [6.45, 7) is 4.79. The first kappa shape index (κ1) is 17.7. The van der Waals surface area contributed by atoms with Crippen LogP contribution in [0.4, 0.5) is 0 Å². The molecule has 1 fully saturated rings. The van der Waals surface area contributed by atoms with Crippen LogP contribution in [0, 0.1) is 0 Å². The molecule has 7 heteroatoms. The molecule has 0 radical (unpaired) electrons. The van der Waals surface area contributed by atoms with Crippen molar-refractivity contribution in [1.29, 1.82) is 0 Å². The highest BCUT2D eigenvalue weighted by Gasteiger charge is 2.23. The molecule has 4 nitrogen and oxygen atoms in total. The molecule has 0 aromatic heterocycles. The first-order valence-corrected chi connectivity index (χ1v) is 8.42. The lowest BCUT2D eigenvalue weighted by molar-refractivity contribution is -0.123. The van der Waals surface area contributed by atoms with Gasteiger partial charge in [0.1, 0.15) is 5.75 Å². The van der Waals surface area contributed by atoms with Crippen LogP contribution in [0.15, 0.2) is 12.1 Å². The number of carbonyl (C=O) groups is 1. The van der Waals surface area contributed by atoms with Crippen LogP contribution in [-0.2, 0) is 4.79 Å². The van der Waals surface area contributed by atoms with E-state index in [2.05, 4.69) is 17.1 Å². The van der Waals surface area contributed by atoms with Crippen LogP contribution in [0.25, 0.3) is 0 Å². The summed E-state index contributed by atoms with van der Waals surface area (Å²) in [6.07, 6.45) is 2.30. The standard InChI is InChI=1S/C15H19Cl3N2O2/c1-2-20-5-3-4-10(20)8-19-15(21)9-22-14-7-12(17)11(16)6-13(14)18/h6-7,10H,2-5,8-9H2,1H3,(H,19,21). The highest BCUT2D eigenvalue weighted by atomic mass is 35.5. The number of carbonyl (C=O) groups excluding carboxylic acids is 1. The number of amides is 1. The van der Waals surface area contributed by atoms with Crippen molar-refractivity contribution in [2.75, 3.05) is 26.2 Å². The average molecular weight is 366 g/mol. The smallest absolute Gasteiger partial charge is 0.257 e. The summed E-state index contributed by atoms with van der Waals surface area (Å²) in [6, 6.07) is 3.42. The van der Waals surface area contributed by atoms with Gasteiger partial charge in [-0.3, -0.25) is 9.69 Å². The Bertz CT molecular complexity index is 540. The zero-order valence-corrected chi connectivity index (χ0v) is 14.6. The van der Waals surface area contributed by atoms with Crippen molar-refractivity contribution in [2.24, 2.45) is 0 Å². The van der Waals surface area contributed by atoms with E-state index in [1.165, 1.54) is 18.6 Å². The van der Waals surface area contributed by atoms with Gasteiger partial charge in [-0.25, -0.2) is 0 Å². The largest absolute Gasteiger partial charge is 0.482 e. The molecule has 1 aliphatic rings. The van der Waals surface area contributed by atoms with E-state index in [-0.39, 0.29) is 12.5 Å². The van der Waals surface area contributed by atoms with Gasteiger partial charge in [0.2, 0.25) is 0 Å². The molecule has 1 heterocycles. The van der Waals surface area contributed by atoms with Crippen molar-refractivity contribution in [3.05, 3.63) is 27.2 Å². The van der Waals surface area contributed by atoms with E-state index in [0.29, 0.717) is 33.4 Å². The molecular weight excluding hydrogens is 347 g/mol. The Morgan fingerprint density at radius 2 is 2.05 bits per heavy atom. The highest BCUT2D eigenvalue weighted by Crippen LogP contribution is 2.33. The molecule has 1 saturated heterocycles. The Hall–Kier alpha value is -0.680. The van der Waals surface area contributed by atoms with Crippen LogP contribution in [0.2, 0.25) is 15.1 Å². The Kier molecular flexibility index (Phi) is 6.63. The van der Waals surface area contributed by atoms with Gasteiger partial charge >= 0.3 is 0 Å². The minimum absolute atomic E-state index is 0.101. The molecule has 0 aliphatic carbocycles. The third-order valence-electron chi connectivity index (χ3n) is 3.77. The topological polar surface area (TPSA) is 41.6 Å². The predicted octanol–water partition coefficient (Wildman–Crippen LogP) is 3.63. The van der Waals surface area contributed by atoms with E-state index in [1.807, 2.05) is 0 Å². The Morgan fingerprint density at radius 3 is 2.77 bits per heavy atom. The lowest BCUT2D eigenvalue weighted by Gasteiger charge is -2.22.